The van der Waals surface area contributed by atoms with Gasteiger partial charge in [0.25, 0.3) is 0 Å². The minimum absolute atomic E-state index is 0.348. The first-order valence-electron chi connectivity index (χ1n) is 5.63. The van der Waals surface area contributed by atoms with Crippen molar-refractivity contribution in [3.8, 4) is 0 Å². The van der Waals surface area contributed by atoms with Gasteiger partial charge in [-0.25, -0.2) is 0 Å². The Kier molecular flexibility index (Phi) is 4.85. The molecule has 1 fully saturated rings. The zero-order valence-electron chi connectivity index (χ0n) is 9.70. The van der Waals surface area contributed by atoms with Gasteiger partial charge in [-0.2, -0.15) is 0 Å². The highest BCUT2D eigenvalue weighted by Gasteiger charge is 2.26. The van der Waals surface area contributed by atoms with Crippen LogP contribution in [0.15, 0.2) is 0 Å². The fraction of sp³-hybridized carbons (Fsp3) is 1.00. The van der Waals surface area contributed by atoms with Gasteiger partial charge in [-0.05, 0) is 39.7 Å². The van der Waals surface area contributed by atoms with E-state index in [-0.39, 0.29) is 0 Å². The number of likely N-dealkylation sites (N-methyl/N-ethyl adjacent to an activating group) is 1. The van der Waals surface area contributed by atoms with Gasteiger partial charge in [0.2, 0.25) is 0 Å². The van der Waals surface area contributed by atoms with Gasteiger partial charge < -0.3 is 15.4 Å². The standard InChI is InChI=1S/C11H24N2O/c1-9(2)14-5-4-13(3)8-10-6-11(12)7-10/h9-11H,4-8,12H2,1-3H3. The summed E-state index contributed by atoms with van der Waals surface area (Å²) in [5.74, 6) is 0.828. The molecule has 0 bridgehead atoms. The Bertz CT molecular complexity index is 155. The highest BCUT2D eigenvalue weighted by atomic mass is 16.5. The number of rotatable bonds is 6. The Morgan fingerprint density at radius 3 is 2.57 bits per heavy atom. The molecule has 0 unspecified atom stereocenters. The van der Waals surface area contributed by atoms with Crippen LogP contribution in [0.4, 0.5) is 0 Å². The Labute approximate surface area is 87.6 Å². The summed E-state index contributed by atoms with van der Waals surface area (Å²) in [6.45, 7) is 7.20. The van der Waals surface area contributed by atoms with Gasteiger partial charge >= 0.3 is 0 Å². The summed E-state index contributed by atoms with van der Waals surface area (Å²) in [7, 11) is 2.16. The Balaban J connectivity index is 1.96. The predicted octanol–water partition coefficient (Wildman–Crippen LogP) is 1.08. The van der Waals surface area contributed by atoms with Gasteiger partial charge in [0.15, 0.2) is 0 Å². The molecule has 1 aliphatic rings. The van der Waals surface area contributed by atoms with Crippen molar-refractivity contribution in [2.75, 3.05) is 26.7 Å². The normalized spacial score (nSPS) is 27.0. The van der Waals surface area contributed by atoms with E-state index in [2.05, 4.69) is 25.8 Å². The lowest BCUT2D eigenvalue weighted by Gasteiger charge is -2.35. The van der Waals surface area contributed by atoms with Gasteiger partial charge in [-0.3, -0.25) is 0 Å². The summed E-state index contributed by atoms with van der Waals surface area (Å²) >= 11 is 0. The lowest BCUT2D eigenvalue weighted by atomic mass is 9.81. The highest BCUT2D eigenvalue weighted by molar-refractivity contribution is 4.83. The maximum absolute atomic E-state index is 5.74. The molecule has 0 spiro atoms. The van der Waals surface area contributed by atoms with Crippen LogP contribution in [-0.2, 0) is 4.74 Å². The molecule has 14 heavy (non-hydrogen) atoms. The maximum atomic E-state index is 5.74. The van der Waals surface area contributed by atoms with E-state index < -0.39 is 0 Å². The average Bonchev–Trinajstić information content (AvgIpc) is 2.00. The summed E-state index contributed by atoms with van der Waals surface area (Å²) in [6.07, 6.45) is 2.76. The molecule has 1 saturated carbocycles. The highest BCUT2D eigenvalue weighted by Crippen LogP contribution is 2.25. The third-order valence-electron chi connectivity index (χ3n) is 2.77. The zero-order chi connectivity index (χ0) is 10.6. The van der Waals surface area contributed by atoms with Crippen LogP contribution >= 0.6 is 0 Å². The lowest BCUT2D eigenvalue weighted by molar-refractivity contribution is 0.0571. The van der Waals surface area contributed by atoms with E-state index in [1.165, 1.54) is 19.4 Å². The second-order valence-corrected chi connectivity index (χ2v) is 4.78. The molecule has 3 heteroatoms. The molecular formula is C11H24N2O. The van der Waals surface area contributed by atoms with Crippen LogP contribution in [0.1, 0.15) is 26.7 Å². The van der Waals surface area contributed by atoms with Crippen LogP contribution in [0.3, 0.4) is 0 Å². The van der Waals surface area contributed by atoms with E-state index in [1.807, 2.05) is 0 Å². The molecule has 0 aromatic carbocycles. The van der Waals surface area contributed by atoms with Crippen molar-refractivity contribution in [2.24, 2.45) is 11.7 Å². The second kappa shape index (κ2) is 5.69. The van der Waals surface area contributed by atoms with Crippen LogP contribution < -0.4 is 5.73 Å². The van der Waals surface area contributed by atoms with Gasteiger partial charge in [0.1, 0.15) is 0 Å². The molecule has 0 aromatic heterocycles. The van der Waals surface area contributed by atoms with Crippen molar-refractivity contribution in [2.45, 2.75) is 38.8 Å². The minimum Gasteiger partial charge on any atom is -0.377 e. The quantitative estimate of drug-likeness (QED) is 0.697. The molecule has 0 aliphatic heterocycles. The molecule has 84 valence electrons. The first-order valence-corrected chi connectivity index (χ1v) is 5.63. The lowest BCUT2D eigenvalue weighted by Crippen LogP contribution is -2.42. The molecule has 0 aromatic rings. The molecule has 3 nitrogen and oxygen atoms in total. The summed E-state index contributed by atoms with van der Waals surface area (Å²) in [6, 6.07) is 0.473. The number of ether oxygens (including phenoxy) is 1. The molecule has 2 N–H and O–H groups in total. The third kappa shape index (κ3) is 4.40. The van der Waals surface area contributed by atoms with E-state index in [1.54, 1.807) is 0 Å². The molecule has 0 heterocycles. The van der Waals surface area contributed by atoms with Gasteiger partial charge in [-0.1, -0.05) is 0 Å². The molecule has 0 radical (unpaired) electrons. The van der Waals surface area contributed by atoms with Crippen molar-refractivity contribution in [1.29, 1.82) is 0 Å². The molecule has 1 rings (SSSR count). The van der Waals surface area contributed by atoms with Gasteiger partial charge in [-0.15, -0.1) is 0 Å². The maximum Gasteiger partial charge on any atom is 0.0596 e. The Morgan fingerprint density at radius 2 is 2.07 bits per heavy atom. The fourth-order valence-electron chi connectivity index (χ4n) is 1.91. The van der Waals surface area contributed by atoms with Crippen molar-refractivity contribution in [1.82, 2.24) is 4.90 Å². The topological polar surface area (TPSA) is 38.5 Å². The summed E-state index contributed by atoms with van der Waals surface area (Å²) in [5.41, 5.74) is 5.74. The number of nitrogens with two attached hydrogens (primary N) is 1. The van der Waals surface area contributed by atoms with Crippen molar-refractivity contribution in [3.63, 3.8) is 0 Å². The molecular weight excluding hydrogens is 176 g/mol. The average molecular weight is 200 g/mol. The summed E-state index contributed by atoms with van der Waals surface area (Å²) in [4.78, 5) is 2.35. The second-order valence-electron chi connectivity index (χ2n) is 4.78. The Hall–Kier alpha value is -0.120. The van der Waals surface area contributed by atoms with E-state index in [9.17, 15) is 0 Å². The SMILES string of the molecule is CC(C)OCCN(C)CC1CC(N)C1. The first-order chi connectivity index (χ1) is 6.58. The summed E-state index contributed by atoms with van der Waals surface area (Å²) < 4.78 is 5.50. The summed E-state index contributed by atoms with van der Waals surface area (Å²) in [5, 5.41) is 0. The molecule has 0 saturated heterocycles. The molecule has 1 aliphatic carbocycles. The van der Waals surface area contributed by atoms with E-state index in [0.29, 0.717) is 12.1 Å². The first kappa shape index (κ1) is 12.0. The van der Waals surface area contributed by atoms with Crippen molar-refractivity contribution >= 4 is 0 Å². The van der Waals surface area contributed by atoms with E-state index >= 15 is 0 Å². The van der Waals surface area contributed by atoms with Crippen LogP contribution in [0.2, 0.25) is 0 Å². The monoisotopic (exact) mass is 200 g/mol. The number of nitrogens with zero attached hydrogens (tertiary/aromatic N) is 1. The Morgan fingerprint density at radius 1 is 1.43 bits per heavy atom. The van der Waals surface area contributed by atoms with Crippen LogP contribution in [0.5, 0.6) is 0 Å². The molecule has 0 amide bonds. The number of hydrogen-bond acceptors (Lipinski definition) is 3. The van der Waals surface area contributed by atoms with Crippen LogP contribution in [-0.4, -0.2) is 43.8 Å². The smallest absolute Gasteiger partial charge is 0.0596 e. The zero-order valence-corrected chi connectivity index (χ0v) is 9.70. The van der Waals surface area contributed by atoms with Crippen molar-refractivity contribution in [3.05, 3.63) is 0 Å². The predicted molar refractivity (Wildman–Crippen MR) is 59.3 cm³/mol. The van der Waals surface area contributed by atoms with Crippen molar-refractivity contribution < 1.29 is 4.74 Å². The van der Waals surface area contributed by atoms with E-state index in [4.69, 9.17) is 10.5 Å². The largest absolute Gasteiger partial charge is 0.377 e. The van der Waals surface area contributed by atoms with Crippen LogP contribution in [0, 0.1) is 5.92 Å². The van der Waals surface area contributed by atoms with Gasteiger partial charge in [0, 0.05) is 19.1 Å². The molecule has 0 atom stereocenters. The number of hydrogen-bond donors (Lipinski definition) is 1. The van der Waals surface area contributed by atoms with Crippen LogP contribution in [0.25, 0.3) is 0 Å². The van der Waals surface area contributed by atoms with E-state index in [0.717, 1.165) is 19.1 Å². The minimum atomic E-state index is 0.348. The third-order valence-corrected chi connectivity index (χ3v) is 2.77. The fourth-order valence-corrected chi connectivity index (χ4v) is 1.91. The van der Waals surface area contributed by atoms with Gasteiger partial charge in [0.05, 0.1) is 12.7 Å².